The predicted octanol–water partition coefficient (Wildman–Crippen LogP) is 3.87. The number of carbonyl (C=O) groups excluding carboxylic acids is 2. The van der Waals surface area contributed by atoms with Gasteiger partial charge in [-0.05, 0) is 24.6 Å². The lowest BCUT2D eigenvalue weighted by molar-refractivity contribution is -0.139. The zero-order chi connectivity index (χ0) is 21.1. The quantitative estimate of drug-likeness (QED) is 0.465. The Balaban J connectivity index is 1.71. The number of imidazole rings is 1. The molecule has 2 N–H and O–H groups in total. The number of amides is 2. The van der Waals surface area contributed by atoms with E-state index in [9.17, 15) is 9.59 Å². The molecule has 30 heavy (non-hydrogen) atoms. The first-order valence-electron chi connectivity index (χ1n) is 9.65. The fraction of sp³-hybridized carbons (Fsp3) is 0.227. The minimum absolute atomic E-state index is 0.255. The molecule has 0 bridgehead atoms. The van der Waals surface area contributed by atoms with Gasteiger partial charge in [0.05, 0.1) is 29.3 Å². The molecule has 2 aromatic carbocycles. The third-order valence-electron chi connectivity index (χ3n) is 4.92. The molecule has 0 saturated heterocycles. The SMILES string of the molecule is CCOC(=O)C1=C(CSc2nc3ccccc3[nH]2)N(C)C(=O)NC1c1ccccc1. The van der Waals surface area contributed by atoms with Crippen LogP contribution < -0.4 is 5.32 Å². The fourth-order valence-electron chi connectivity index (χ4n) is 3.41. The van der Waals surface area contributed by atoms with Crippen molar-refractivity contribution in [3.05, 3.63) is 71.4 Å². The van der Waals surface area contributed by atoms with Gasteiger partial charge in [-0.2, -0.15) is 0 Å². The van der Waals surface area contributed by atoms with Crippen LogP contribution in [-0.4, -0.2) is 46.3 Å². The second-order valence-electron chi connectivity index (χ2n) is 6.78. The molecule has 1 unspecified atom stereocenters. The van der Waals surface area contributed by atoms with E-state index in [2.05, 4.69) is 15.3 Å². The van der Waals surface area contributed by atoms with Crippen molar-refractivity contribution in [1.29, 1.82) is 0 Å². The van der Waals surface area contributed by atoms with Crippen LogP contribution in [0.2, 0.25) is 0 Å². The van der Waals surface area contributed by atoms with Gasteiger partial charge < -0.3 is 15.0 Å². The summed E-state index contributed by atoms with van der Waals surface area (Å²) in [5.41, 5.74) is 3.69. The highest BCUT2D eigenvalue weighted by atomic mass is 32.2. The summed E-state index contributed by atoms with van der Waals surface area (Å²) in [6, 6.07) is 16.4. The molecule has 154 valence electrons. The largest absolute Gasteiger partial charge is 0.463 e. The number of thioether (sulfide) groups is 1. The van der Waals surface area contributed by atoms with Crippen LogP contribution in [0.1, 0.15) is 18.5 Å². The first-order valence-corrected chi connectivity index (χ1v) is 10.6. The van der Waals surface area contributed by atoms with Crippen LogP contribution >= 0.6 is 11.8 Å². The van der Waals surface area contributed by atoms with Gasteiger partial charge in [0.2, 0.25) is 0 Å². The summed E-state index contributed by atoms with van der Waals surface area (Å²) in [5, 5.41) is 3.64. The molecular formula is C22H22N4O3S. The fourth-order valence-corrected chi connectivity index (χ4v) is 4.38. The first-order chi connectivity index (χ1) is 14.6. The van der Waals surface area contributed by atoms with Crippen LogP contribution in [0.3, 0.4) is 0 Å². The van der Waals surface area contributed by atoms with E-state index in [0.29, 0.717) is 17.0 Å². The number of para-hydroxylation sites is 2. The zero-order valence-electron chi connectivity index (χ0n) is 16.7. The van der Waals surface area contributed by atoms with E-state index in [-0.39, 0.29) is 12.6 Å². The molecule has 0 saturated carbocycles. The molecule has 2 amide bonds. The number of hydrogen-bond acceptors (Lipinski definition) is 5. The van der Waals surface area contributed by atoms with Gasteiger partial charge in [-0.15, -0.1) is 0 Å². The average molecular weight is 423 g/mol. The topological polar surface area (TPSA) is 87.3 Å². The Morgan fingerprint density at radius 1 is 1.17 bits per heavy atom. The molecule has 3 aromatic rings. The molecule has 1 aromatic heterocycles. The van der Waals surface area contributed by atoms with Crippen LogP contribution in [0.5, 0.6) is 0 Å². The maximum Gasteiger partial charge on any atom is 0.338 e. The summed E-state index contributed by atoms with van der Waals surface area (Å²) in [5.74, 6) is -0.0419. The van der Waals surface area contributed by atoms with Gasteiger partial charge in [0.1, 0.15) is 0 Å². The number of aromatic amines is 1. The maximum absolute atomic E-state index is 12.9. The van der Waals surface area contributed by atoms with Gasteiger partial charge in [-0.25, -0.2) is 14.6 Å². The first kappa shape index (κ1) is 20.0. The maximum atomic E-state index is 12.9. The van der Waals surface area contributed by atoms with E-state index in [1.54, 1.807) is 14.0 Å². The molecule has 1 aliphatic rings. The number of nitrogens with zero attached hydrogens (tertiary/aromatic N) is 2. The van der Waals surface area contributed by atoms with E-state index in [1.165, 1.54) is 16.7 Å². The van der Waals surface area contributed by atoms with Crippen LogP contribution in [0.4, 0.5) is 4.79 Å². The minimum atomic E-state index is -0.569. The van der Waals surface area contributed by atoms with Gasteiger partial charge in [0, 0.05) is 18.5 Å². The molecule has 0 aliphatic carbocycles. The van der Waals surface area contributed by atoms with Crippen molar-refractivity contribution in [2.45, 2.75) is 18.1 Å². The highest BCUT2D eigenvalue weighted by Crippen LogP contribution is 2.33. The number of rotatable bonds is 6. The van der Waals surface area contributed by atoms with Gasteiger partial charge in [-0.1, -0.05) is 54.2 Å². The van der Waals surface area contributed by atoms with E-state index in [1.807, 2.05) is 54.6 Å². The van der Waals surface area contributed by atoms with Crippen LogP contribution in [0.15, 0.2) is 71.0 Å². The summed E-state index contributed by atoms with van der Waals surface area (Å²) in [6.07, 6.45) is 0. The van der Waals surface area contributed by atoms with Crippen molar-refractivity contribution in [1.82, 2.24) is 20.2 Å². The highest BCUT2D eigenvalue weighted by Gasteiger charge is 2.36. The van der Waals surface area contributed by atoms with E-state index in [4.69, 9.17) is 4.74 Å². The summed E-state index contributed by atoms with van der Waals surface area (Å²) >= 11 is 1.44. The minimum Gasteiger partial charge on any atom is -0.463 e. The molecule has 0 radical (unpaired) electrons. The van der Waals surface area contributed by atoms with E-state index >= 15 is 0 Å². The van der Waals surface area contributed by atoms with E-state index < -0.39 is 12.0 Å². The summed E-state index contributed by atoms with van der Waals surface area (Å²) < 4.78 is 5.34. The van der Waals surface area contributed by atoms with E-state index in [0.717, 1.165) is 21.8 Å². The lowest BCUT2D eigenvalue weighted by Crippen LogP contribution is -2.47. The molecule has 8 heteroatoms. The van der Waals surface area contributed by atoms with Gasteiger partial charge in [0.15, 0.2) is 5.16 Å². The molecule has 7 nitrogen and oxygen atoms in total. The number of aromatic nitrogens is 2. The number of H-pyrrole nitrogens is 1. The van der Waals surface area contributed by atoms with Crippen molar-refractivity contribution in [3.8, 4) is 0 Å². The number of ether oxygens (including phenoxy) is 1. The van der Waals surface area contributed by atoms with Crippen LogP contribution in [0.25, 0.3) is 11.0 Å². The molecule has 2 heterocycles. The lowest BCUT2D eigenvalue weighted by Gasteiger charge is -2.34. The number of esters is 1. The second kappa shape index (κ2) is 8.62. The van der Waals surface area contributed by atoms with Gasteiger partial charge in [-0.3, -0.25) is 4.90 Å². The summed E-state index contributed by atoms with van der Waals surface area (Å²) in [6.45, 7) is 2.02. The molecule has 0 spiro atoms. The second-order valence-corrected chi connectivity index (χ2v) is 7.74. The third-order valence-corrected chi connectivity index (χ3v) is 5.80. The molecule has 0 fully saturated rings. The van der Waals surface area contributed by atoms with Crippen molar-refractivity contribution in [2.24, 2.45) is 0 Å². The number of hydrogen-bond donors (Lipinski definition) is 2. The van der Waals surface area contributed by atoms with Crippen molar-refractivity contribution in [2.75, 3.05) is 19.4 Å². The molecule has 1 aliphatic heterocycles. The van der Waals surface area contributed by atoms with Gasteiger partial charge >= 0.3 is 12.0 Å². The number of benzene rings is 2. The number of urea groups is 1. The monoisotopic (exact) mass is 422 g/mol. The average Bonchev–Trinajstić information content (AvgIpc) is 3.18. The number of carbonyl (C=O) groups is 2. The summed E-state index contributed by atoms with van der Waals surface area (Å²) in [4.78, 5) is 34.9. The number of nitrogens with one attached hydrogen (secondary N) is 2. The molecule has 1 atom stereocenters. The van der Waals surface area contributed by atoms with Gasteiger partial charge in [0.25, 0.3) is 0 Å². The standard InChI is InChI=1S/C22H22N4O3S/c1-3-29-20(27)18-17(13-30-21-23-15-11-7-8-12-16(15)24-21)26(2)22(28)25-19(18)14-9-5-4-6-10-14/h4-12,19H,3,13H2,1-2H3,(H,23,24)(H,25,28). The Kier molecular flexibility index (Phi) is 5.76. The smallest absolute Gasteiger partial charge is 0.338 e. The third kappa shape index (κ3) is 3.91. The Morgan fingerprint density at radius 2 is 1.90 bits per heavy atom. The Morgan fingerprint density at radius 3 is 2.63 bits per heavy atom. The molecular weight excluding hydrogens is 400 g/mol. The van der Waals surface area contributed by atoms with Crippen molar-refractivity contribution >= 4 is 34.8 Å². The lowest BCUT2D eigenvalue weighted by atomic mass is 9.95. The predicted molar refractivity (Wildman–Crippen MR) is 116 cm³/mol. The normalized spacial score (nSPS) is 16.7. The van der Waals surface area contributed by atoms with Crippen LogP contribution in [0, 0.1) is 0 Å². The number of fused-ring (bicyclic) bond motifs is 1. The van der Waals surface area contributed by atoms with Crippen LogP contribution in [-0.2, 0) is 9.53 Å². The summed E-state index contributed by atoms with van der Waals surface area (Å²) in [7, 11) is 1.66. The zero-order valence-corrected chi connectivity index (χ0v) is 17.5. The van der Waals surface area contributed by atoms with Crippen molar-refractivity contribution < 1.29 is 14.3 Å². The Bertz CT molecular complexity index is 1080. The highest BCUT2D eigenvalue weighted by molar-refractivity contribution is 7.99. The van der Waals surface area contributed by atoms with Crippen molar-refractivity contribution in [3.63, 3.8) is 0 Å². The Hall–Kier alpha value is -3.26. The molecule has 4 rings (SSSR count). The Labute approximate surface area is 178 Å².